The molecule has 1 aromatic heterocycles. The maximum absolute atomic E-state index is 5.09. The number of benzene rings is 1. The van der Waals surface area contributed by atoms with Crippen LogP contribution in [0.4, 0.5) is 0 Å². The van der Waals surface area contributed by atoms with E-state index in [1.807, 2.05) is 19.3 Å². The van der Waals surface area contributed by atoms with Crippen LogP contribution in [0.3, 0.4) is 0 Å². The topological polar surface area (TPSA) is 34.1 Å². The predicted octanol–water partition coefficient (Wildman–Crippen LogP) is 3.03. The molecule has 0 bridgehead atoms. The van der Waals surface area contributed by atoms with E-state index in [0.29, 0.717) is 11.9 Å². The van der Waals surface area contributed by atoms with Crippen LogP contribution in [0, 0.1) is 0 Å². The van der Waals surface area contributed by atoms with Gasteiger partial charge in [-0.25, -0.2) is 4.98 Å². The monoisotopic (exact) mass is 284 g/mol. The largest absolute Gasteiger partial charge is 0.481 e. The number of pyridine rings is 1. The first kappa shape index (κ1) is 15.5. The zero-order chi connectivity index (χ0) is 15.1. The summed E-state index contributed by atoms with van der Waals surface area (Å²) < 4.78 is 5.09. The zero-order valence-corrected chi connectivity index (χ0v) is 13.1. The van der Waals surface area contributed by atoms with E-state index in [2.05, 4.69) is 47.6 Å². The third kappa shape index (κ3) is 4.57. The lowest BCUT2D eigenvalue weighted by Gasteiger charge is -2.16. The number of ether oxygens (including phenoxy) is 1. The molecule has 0 aliphatic carbocycles. The van der Waals surface area contributed by atoms with Gasteiger partial charge in [-0.05, 0) is 43.0 Å². The van der Waals surface area contributed by atoms with Crippen LogP contribution in [-0.4, -0.2) is 25.2 Å². The number of nitrogens with one attached hydrogen (secondary N) is 1. The number of hydrogen-bond donors (Lipinski definition) is 1. The molecule has 3 nitrogen and oxygen atoms in total. The summed E-state index contributed by atoms with van der Waals surface area (Å²) in [4.78, 5) is 4.26. The van der Waals surface area contributed by atoms with Crippen LogP contribution in [0.1, 0.15) is 23.6 Å². The molecule has 1 aromatic carbocycles. The van der Waals surface area contributed by atoms with Gasteiger partial charge >= 0.3 is 0 Å². The van der Waals surface area contributed by atoms with Gasteiger partial charge in [0.05, 0.1) is 7.11 Å². The SMILES string of the molecule is CCc1ccc(CC(Cc2ccc(OC)nc2)NC)cc1. The van der Waals surface area contributed by atoms with Crippen LogP contribution in [0.25, 0.3) is 0 Å². The van der Waals surface area contributed by atoms with Gasteiger partial charge in [-0.15, -0.1) is 0 Å². The second kappa shape index (κ2) is 7.79. The predicted molar refractivity (Wildman–Crippen MR) is 86.9 cm³/mol. The summed E-state index contributed by atoms with van der Waals surface area (Å²) in [6, 6.07) is 13.3. The molecule has 3 heteroatoms. The fourth-order valence-electron chi connectivity index (χ4n) is 2.41. The zero-order valence-electron chi connectivity index (χ0n) is 13.1. The van der Waals surface area contributed by atoms with Crippen molar-refractivity contribution in [3.8, 4) is 5.88 Å². The van der Waals surface area contributed by atoms with Crippen molar-refractivity contribution in [1.29, 1.82) is 0 Å². The van der Waals surface area contributed by atoms with E-state index < -0.39 is 0 Å². The van der Waals surface area contributed by atoms with E-state index in [9.17, 15) is 0 Å². The van der Waals surface area contributed by atoms with E-state index in [4.69, 9.17) is 4.74 Å². The van der Waals surface area contributed by atoms with Crippen molar-refractivity contribution in [1.82, 2.24) is 10.3 Å². The smallest absolute Gasteiger partial charge is 0.212 e. The van der Waals surface area contributed by atoms with E-state index in [1.165, 1.54) is 16.7 Å². The van der Waals surface area contributed by atoms with E-state index in [1.54, 1.807) is 7.11 Å². The molecule has 0 aliphatic heterocycles. The Morgan fingerprint density at radius 1 is 1.00 bits per heavy atom. The van der Waals surface area contributed by atoms with Crippen molar-refractivity contribution in [3.05, 3.63) is 59.3 Å². The Morgan fingerprint density at radius 3 is 2.14 bits per heavy atom. The van der Waals surface area contributed by atoms with Crippen molar-refractivity contribution in [2.45, 2.75) is 32.2 Å². The quantitative estimate of drug-likeness (QED) is 0.848. The second-order valence-corrected chi connectivity index (χ2v) is 5.27. The van der Waals surface area contributed by atoms with E-state index >= 15 is 0 Å². The van der Waals surface area contributed by atoms with Gasteiger partial charge in [0.15, 0.2) is 0 Å². The molecule has 1 N–H and O–H groups in total. The molecule has 21 heavy (non-hydrogen) atoms. The average molecular weight is 284 g/mol. The van der Waals surface area contributed by atoms with Crippen molar-refractivity contribution >= 4 is 0 Å². The maximum atomic E-state index is 5.09. The summed E-state index contributed by atoms with van der Waals surface area (Å²) in [5, 5.41) is 3.40. The summed E-state index contributed by atoms with van der Waals surface area (Å²) >= 11 is 0. The van der Waals surface area contributed by atoms with Gasteiger partial charge in [0.2, 0.25) is 5.88 Å². The molecule has 0 saturated heterocycles. The lowest BCUT2D eigenvalue weighted by molar-refractivity contribution is 0.397. The molecular formula is C18H24N2O. The first-order valence-electron chi connectivity index (χ1n) is 7.49. The lowest BCUT2D eigenvalue weighted by Crippen LogP contribution is -2.29. The molecule has 1 heterocycles. The molecule has 0 saturated carbocycles. The average Bonchev–Trinajstić information content (AvgIpc) is 2.55. The van der Waals surface area contributed by atoms with Crippen LogP contribution < -0.4 is 10.1 Å². The Kier molecular flexibility index (Phi) is 5.76. The Labute approximate surface area is 127 Å². The van der Waals surface area contributed by atoms with Gasteiger partial charge in [-0.1, -0.05) is 37.3 Å². The first-order valence-corrected chi connectivity index (χ1v) is 7.49. The van der Waals surface area contributed by atoms with Crippen molar-refractivity contribution < 1.29 is 4.74 Å². The standard InChI is InChI=1S/C18H24N2O/c1-4-14-5-7-15(8-6-14)11-17(19-2)12-16-9-10-18(21-3)20-13-16/h5-10,13,17,19H,4,11-12H2,1-3H3. The lowest BCUT2D eigenvalue weighted by atomic mass is 9.99. The van der Waals surface area contributed by atoms with Gasteiger partial charge < -0.3 is 10.1 Å². The van der Waals surface area contributed by atoms with Crippen LogP contribution in [0.2, 0.25) is 0 Å². The van der Waals surface area contributed by atoms with Gasteiger partial charge in [0, 0.05) is 18.3 Å². The summed E-state index contributed by atoms with van der Waals surface area (Å²) in [5.41, 5.74) is 3.98. The normalized spacial score (nSPS) is 12.1. The minimum atomic E-state index is 0.410. The molecular weight excluding hydrogens is 260 g/mol. The Morgan fingerprint density at radius 2 is 1.62 bits per heavy atom. The molecule has 2 rings (SSSR count). The minimum Gasteiger partial charge on any atom is -0.481 e. The molecule has 2 aromatic rings. The number of likely N-dealkylation sites (N-methyl/N-ethyl adjacent to an activating group) is 1. The van der Waals surface area contributed by atoms with Crippen LogP contribution in [0.15, 0.2) is 42.6 Å². The second-order valence-electron chi connectivity index (χ2n) is 5.27. The highest BCUT2D eigenvalue weighted by atomic mass is 16.5. The first-order chi connectivity index (χ1) is 10.2. The van der Waals surface area contributed by atoms with Gasteiger partial charge in [0.25, 0.3) is 0 Å². The van der Waals surface area contributed by atoms with Crippen LogP contribution in [0.5, 0.6) is 5.88 Å². The summed E-state index contributed by atoms with van der Waals surface area (Å²) in [6.45, 7) is 2.18. The molecule has 112 valence electrons. The molecule has 0 fully saturated rings. The number of nitrogens with zero attached hydrogens (tertiary/aromatic N) is 1. The highest BCUT2D eigenvalue weighted by molar-refractivity contribution is 5.24. The molecule has 0 radical (unpaired) electrons. The maximum Gasteiger partial charge on any atom is 0.212 e. The van der Waals surface area contributed by atoms with Crippen molar-refractivity contribution in [2.24, 2.45) is 0 Å². The summed E-state index contributed by atoms with van der Waals surface area (Å²) in [7, 11) is 3.65. The molecule has 0 amide bonds. The third-order valence-corrected chi connectivity index (χ3v) is 3.81. The fraction of sp³-hybridized carbons (Fsp3) is 0.389. The van der Waals surface area contributed by atoms with Crippen LogP contribution >= 0.6 is 0 Å². The number of hydrogen-bond acceptors (Lipinski definition) is 3. The Hall–Kier alpha value is -1.87. The number of aromatic nitrogens is 1. The highest BCUT2D eigenvalue weighted by Crippen LogP contribution is 2.12. The van der Waals surface area contributed by atoms with Gasteiger partial charge in [-0.3, -0.25) is 0 Å². The molecule has 0 spiro atoms. The Bertz CT molecular complexity index is 485. The van der Waals surface area contributed by atoms with Gasteiger partial charge in [0.1, 0.15) is 0 Å². The number of methoxy groups -OCH3 is 1. The fourth-order valence-corrected chi connectivity index (χ4v) is 2.41. The summed E-state index contributed by atoms with van der Waals surface area (Å²) in [6.07, 6.45) is 4.96. The number of rotatable bonds is 7. The third-order valence-electron chi connectivity index (χ3n) is 3.81. The molecule has 1 atom stereocenters. The highest BCUT2D eigenvalue weighted by Gasteiger charge is 2.09. The van der Waals surface area contributed by atoms with Crippen LogP contribution in [-0.2, 0) is 19.3 Å². The van der Waals surface area contributed by atoms with Crippen molar-refractivity contribution in [2.75, 3.05) is 14.2 Å². The summed E-state index contributed by atoms with van der Waals surface area (Å²) in [5.74, 6) is 0.662. The van der Waals surface area contributed by atoms with E-state index in [-0.39, 0.29) is 0 Å². The minimum absolute atomic E-state index is 0.410. The molecule has 0 aliphatic rings. The molecule has 1 unspecified atom stereocenters. The van der Waals surface area contributed by atoms with Crippen molar-refractivity contribution in [3.63, 3.8) is 0 Å². The van der Waals surface area contributed by atoms with E-state index in [0.717, 1.165) is 19.3 Å². The number of aryl methyl sites for hydroxylation is 1. The van der Waals surface area contributed by atoms with Gasteiger partial charge in [-0.2, -0.15) is 0 Å². The Balaban J connectivity index is 1.98.